The van der Waals surface area contributed by atoms with E-state index in [0.717, 1.165) is 24.8 Å². The van der Waals surface area contributed by atoms with Gasteiger partial charge < -0.3 is 5.32 Å². The Morgan fingerprint density at radius 2 is 2.05 bits per heavy atom. The Morgan fingerprint density at radius 1 is 1.32 bits per heavy atom. The zero-order valence-electron chi connectivity index (χ0n) is 11.6. The molecule has 1 N–H and O–H groups in total. The molecular weight excluding hydrogens is 254 g/mol. The van der Waals surface area contributed by atoms with Gasteiger partial charge in [-0.05, 0) is 50.1 Å². The van der Waals surface area contributed by atoms with Gasteiger partial charge >= 0.3 is 0 Å². The van der Waals surface area contributed by atoms with Crippen molar-refractivity contribution in [3.8, 4) is 0 Å². The van der Waals surface area contributed by atoms with Gasteiger partial charge in [-0.25, -0.2) is 0 Å². The van der Waals surface area contributed by atoms with Gasteiger partial charge in [0.05, 0.1) is 6.04 Å². The largest absolute Gasteiger partial charge is 0.349 e. The van der Waals surface area contributed by atoms with Crippen LogP contribution in [0.5, 0.6) is 0 Å². The highest BCUT2D eigenvalue weighted by Gasteiger charge is 2.20. The molecule has 102 valence electrons. The Bertz CT molecular complexity index is 452. The normalized spacial score (nSPS) is 20.0. The van der Waals surface area contributed by atoms with E-state index < -0.39 is 0 Å². The van der Waals surface area contributed by atoms with E-state index in [-0.39, 0.29) is 17.9 Å². The fourth-order valence-electron chi connectivity index (χ4n) is 2.34. The minimum atomic E-state index is 0.0781. The molecule has 0 unspecified atom stereocenters. The predicted molar refractivity (Wildman–Crippen MR) is 81.3 cm³/mol. The number of carbonyl (C=O) groups is 1. The average molecular weight is 275 g/mol. The van der Waals surface area contributed by atoms with Crippen LogP contribution in [0.15, 0.2) is 41.3 Å². The summed E-state index contributed by atoms with van der Waals surface area (Å²) in [5, 5.41) is 3.12. The maximum absolute atomic E-state index is 12.2. The summed E-state index contributed by atoms with van der Waals surface area (Å²) in [6, 6.07) is 8.47. The van der Waals surface area contributed by atoms with Gasteiger partial charge in [0, 0.05) is 10.8 Å². The molecule has 1 aromatic rings. The standard InChI is InChI=1S/C16H21NOS/c1-12(13-8-10-15(19-2)11-9-13)17-16(18)14-6-4-3-5-7-14/h3-4,8-12,14H,5-7H2,1-2H3,(H,17,18)/t12-,14-/m1/s1. The number of amides is 1. The number of nitrogens with one attached hydrogen (secondary N) is 1. The molecule has 1 aliphatic carbocycles. The molecule has 3 heteroatoms. The van der Waals surface area contributed by atoms with Gasteiger partial charge in [-0.2, -0.15) is 0 Å². The van der Waals surface area contributed by atoms with Crippen LogP contribution in [0.2, 0.25) is 0 Å². The van der Waals surface area contributed by atoms with E-state index in [1.165, 1.54) is 4.90 Å². The van der Waals surface area contributed by atoms with Crippen LogP contribution in [0.1, 0.15) is 37.8 Å². The summed E-state index contributed by atoms with van der Waals surface area (Å²) >= 11 is 1.73. The van der Waals surface area contributed by atoms with Crippen molar-refractivity contribution < 1.29 is 4.79 Å². The monoisotopic (exact) mass is 275 g/mol. The SMILES string of the molecule is CSc1ccc([C@@H](C)NC(=O)[C@@H]2CC=CCC2)cc1. The van der Waals surface area contributed by atoms with E-state index >= 15 is 0 Å². The van der Waals surface area contributed by atoms with Gasteiger partial charge in [0.15, 0.2) is 0 Å². The molecule has 0 saturated heterocycles. The first-order chi connectivity index (χ1) is 9.20. The lowest BCUT2D eigenvalue weighted by atomic mass is 9.93. The van der Waals surface area contributed by atoms with E-state index in [1.54, 1.807) is 11.8 Å². The maximum Gasteiger partial charge on any atom is 0.223 e. The molecular formula is C16H21NOS. The van der Waals surface area contributed by atoms with Gasteiger partial charge in [-0.3, -0.25) is 4.79 Å². The van der Waals surface area contributed by atoms with E-state index in [9.17, 15) is 4.79 Å². The van der Waals surface area contributed by atoms with Crippen LogP contribution >= 0.6 is 11.8 Å². The summed E-state index contributed by atoms with van der Waals surface area (Å²) in [5.41, 5.74) is 1.16. The summed E-state index contributed by atoms with van der Waals surface area (Å²) in [5.74, 6) is 0.337. The lowest BCUT2D eigenvalue weighted by molar-refractivity contribution is -0.125. The zero-order valence-corrected chi connectivity index (χ0v) is 12.4. The third-order valence-electron chi connectivity index (χ3n) is 3.61. The molecule has 0 heterocycles. The van der Waals surface area contributed by atoms with Crippen LogP contribution in [0.4, 0.5) is 0 Å². The topological polar surface area (TPSA) is 29.1 Å². The molecule has 0 aromatic heterocycles. The second kappa shape index (κ2) is 6.80. The summed E-state index contributed by atoms with van der Waals surface area (Å²) < 4.78 is 0. The molecule has 2 nitrogen and oxygen atoms in total. The van der Waals surface area contributed by atoms with Crippen molar-refractivity contribution in [3.05, 3.63) is 42.0 Å². The molecule has 1 aromatic carbocycles. The van der Waals surface area contributed by atoms with Crippen molar-refractivity contribution in [2.45, 2.75) is 37.1 Å². The molecule has 0 bridgehead atoms. The smallest absolute Gasteiger partial charge is 0.223 e. The van der Waals surface area contributed by atoms with Crippen LogP contribution in [0.3, 0.4) is 0 Å². The van der Waals surface area contributed by atoms with Crippen molar-refractivity contribution in [2.75, 3.05) is 6.26 Å². The Balaban J connectivity index is 1.93. The minimum absolute atomic E-state index is 0.0781. The van der Waals surface area contributed by atoms with Crippen LogP contribution in [-0.4, -0.2) is 12.2 Å². The molecule has 0 radical (unpaired) electrons. The zero-order chi connectivity index (χ0) is 13.7. The molecule has 0 spiro atoms. The first kappa shape index (κ1) is 14.2. The van der Waals surface area contributed by atoms with Gasteiger partial charge in [0.1, 0.15) is 0 Å². The summed E-state index contributed by atoms with van der Waals surface area (Å²) in [6.45, 7) is 2.05. The third-order valence-corrected chi connectivity index (χ3v) is 4.36. The minimum Gasteiger partial charge on any atom is -0.349 e. The fraction of sp³-hybridized carbons (Fsp3) is 0.438. The number of allylic oxidation sites excluding steroid dienone is 2. The van der Waals surface area contributed by atoms with Crippen molar-refractivity contribution in [2.24, 2.45) is 5.92 Å². The highest BCUT2D eigenvalue weighted by atomic mass is 32.2. The van der Waals surface area contributed by atoms with Crippen LogP contribution in [0.25, 0.3) is 0 Å². The lowest BCUT2D eigenvalue weighted by Gasteiger charge is -2.21. The van der Waals surface area contributed by atoms with Crippen LogP contribution in [-0.2, 0) is 4.79 Å². The van der Waals surface area contributed by atoms with Crippen molar-refractivity contribution >= 4 is 17.7 Å². The lowest BCUT2D eigenvalue weighted by Crippen LogP contribution is -2.33. The third kappa shape index (κ3) is 3.87. The quantitative estimate of drug-likeness (QED) is 0.666. The van der Waals surface area contributed by atoms with E-state index in [0.29, 0.717) is 0 Å². The second-order valence-electron chi connectivity index (χ2n) is 4.98. The van der Waals surface area contributed by atoms with E-state index in [4.69, 9.17) is 0 Å². The molecule has 1 aliphatic rings. The molecule has 2 atom stereocenters. The summed E-state index contributed by atoms with van der Waals surface area (Å²) in [6.07, 6.45) is 9.22. The average Bonchev–Trinajstić information content (AvgIpc) is 2.48. The van der Waals surface area contributed by atoms with Gasteiger partial charge in [0.25, 0.3) is 0 Å². The first-order valence-electron chi connectivity index (χ1n) is 6.80. The number of benzene rings is 1. The molecule has 0 saturated carbocycles. The Kier molecular flexibility index (Phi) is 5.08. The van der Waals surface area contributed by atoms with Gasteiger partial charge in [-0.1, -0.05) is 24.3 Å². The number of thioether (sulfide) groups is 1. The van der Waals surface area contributed by atoms with Crippen molar-refractivity contribution in [1.82, 2.24) is 5.32 Å². The summed E-state index contributed by atoms with van der Waals surface area (Å²) in [4.78, 5) is 13.4. The second-order valence-corrected chi connectivity index (χ2v) is 5.86. The fourth-order valence-corrected chi connectivity index (χ4v) is 2.75. The number of hydrogen-bond acceptors (Lipinski definition) is 2. The Hall–Kier alpha value is -1.22. The highest BCUT2D eigenvalue weighted by Crippen LogP contribution is 2.22. The molecule has 1 amide bonds. The Morgan fingerprint density at radius 3 is 2.63 bits per heavy atom. The molecule has 19 heavy (non-hydrogen) atoms. The van der Waals surface area contributed by atoms with E-state index in [1.807, 2.05) is 6.92 Å². The number of hydrogen-bond donors (Lipinski definition) is 1. The summed E-state index contributed by atoms with van der Waals surface area (Å²) in [7, 11) is 0. The van der Waals surface area contributed by atoms with Gasteiger partial charge in [0.2, 0.25) is 5.91 Å². The number of carbonyl (C=O) groups excluding carboxylic acids is 1. The molecule has 0 fully saturated rings. The maximum atomic E-state index is 12.2. The van der Waals surface area contributed by atoms with Gasteiger partial charge in [-0.15, -0.1) is 11.8 Å². The van der Waals surface area contributed by atoms with E-state index in [2.05, 4.69) is 48.0 Å². The van der Waals surface area contributed by atoms with Crippen LogP contribution < -0.4 is 5.32 Å². The van der Waals surface area contributed by atoms with Crippen LogP contribution in [0, 0.1) is 5.92 Å². The molecule has 2 rings (SSSR count). The van der Waals surface area contributed by atoms with Crippen molar-refractivity contribution in [3.63, 3.8) is 0 Å². The predicted octanol–water partition coefficient (Wildman–Crippen LogP) is 3.94. The first-order valence-corrected chi connectivity index (χ1v) is 8.02. The van der Waals surface area contributed by atoms with Crippen molar-refractivity contribution in [1.29, 1.82) is 0 Å². The molecule has 0 aliphatic heterocycles. The Labute approximate surface area is 119 Å². The number of rotatable bonds is 4. The highest BCUT2D eigenvalue weighted by molar-refractivity contribution is 7.98.